The van der Waals surface area contributed by atoms with Gasteiger partial charge in [0.25, 0.3) is 0 Å². The normalized spacial score (nSPS) is 19.3. The lowest BCUT2D eigenvalue weighted by molar-refractivity contribution is 0.956. The Kier molecular flexibility index (Phi) is 6.10. The molecule has 1 aliphatic heterocycles. The molecule has 0 amide bonds. The van der Waals surface area contributed by atoms with E-state index < -0.39 is 0 Å². The van der Waals surface area contributed by atoms with E-state index in [-0.39, 0.29) is 0 Å². The average Bonchev–Trinajstić information content (AvgIpc) is 3.56. The van der Waals surface area contributed by atoms with E-state index in [1.165, 1.54) is 43.9 Å². The van der Waals surface area contributed by atoms with Crippen LogP contribution in [0, 0.1) is 0 Å². The molecule has 0 spiro atoms. The maximum absolute atomic E-state index is 5.89. The molecule has 0 aromatic heterocycles. The first-order valence-electron chi connectivity index (χ1n) is 13.7. The highest BCUT2D eigenvalue weighted by molar-refractivity contribution is 8.06. The lowest BCUT2D eigenvalue weighted by Gasteiger charge is -2.20. The Morgan fingerprint density at radius 1 is 0.800 bits per heavy atom. The third-order valence-corrected chi connectivity index (χ3v) is 9.16. The minimum atomic E-state index is 0.353. The van der Waals surface area contributed by atoms with Gasteiger partial charge in [0.2, 0.25) is 0 Å². The fourth-order valence-corrected chi connectivity index (χ4v) is 6.99. The van der Waals surface area contributed by atoms with Gasteiger partial charge in [-0.3, -0.25) is 0 Å². The topological polar surface area (TPSA) is 38.0 Å². The molecule has 2 aliphatic carbocycles. The minimum Gasteiger partial charge on any atom is -0.399 e. The van der Waals surface area contributed by atoms with Crippen LogP contribution in [-0.2, 0) is 0 Å². The molecule has 1 heterocycles. The molecule has 1 unspecified atom stereocenters. The number of hydrogen-bond acceptors (Lipinski definition) is 3. The largest absolute Gasteiger partial charge is 0.399 e. The molecule has 4 aromatic rings. The van der Waals surface area contributed by atoms with E-state index in [1.54, 1.807) is 11.8 Å². The van der Waals surface area contributed by atoms with Crippen LogP contribution in [0.4, 0.5) is 17.1 Å². The standard InChI is InChI=1S/C37H30N2S/c1-23-10-11-27(22-40-35-9-5-8-30(23)35)36-34(21-20-32-24(2)31-6-3-4-7-33(31)37(32)36)39-29-18-14-26(15-19-29)25-12-16-28(38)17-13-25/h3-7,9-22,24,39H,1,8,38H2,2H3/b11-10-,27-22+. The van der Waals surface area contributed by atoms with Crippen LogP contribution in [-0.4, -0.2) is 0 Å². The summed E-state index contributed by atoms with van der Waals surface area (Å²) < 4.78 is 0. The zero-order valence-corrected chi connectivity index (χ0v) is 23.3. The van der Waals surface area contributed by atoms with Crippen LogP contribution in [0.5, 0.6) is 0 Å². The van der Waals surface area contributed by atoms with E-state index in [0.29, 0.717) is 5.92 Å². The van der Waals surface area contributed by atoms with Crippen LogP contribution in [0.3, 0.4) is 0 Å². The maximum atomic E-state index is 5.89. The molecule has 4 aromatic carbocycles. The van der Waals surface area contributed by atoms with Gasteiger partial charge in [-0.25, -0.2) is 0 Å². The number of anilines is 3. The molecule has 2 nitrogen and oxygen atoms in total. The summed E-state index contributed by atoms with van der Waals surface area (Å²) in [5, 5.41) is 6.08. The molecule has 1 atom stereocenters. The second kappa shape index (κ2) is 9.93. The third kappa shape index (κ3) is 4.24. The summed E-state index contributed by atoms with van der Waals surface area (Å²) in [5.74, 6) is 0.353. The van der Waals surface area contributed by atoms with Gasteiger partial charge >= 0.3 is 0 Å². The predicted octanol–water partition coefficient (Wildman–Crippen LogP) is 10.2. The first kappa shape index (κ1) is 24.6. The molecule has 7 rings (SSSR count). The Hall–Kier alpha value is -4.47. The van der Waals surface area contributed by atoms with Crippen molar-refractivity contribution in [1.29, 1.82) is 0 Å². The Morgan fingerprint density at radius 3 is 2.35 bits per heavy atom. The molecule has 0 bridgehead atoms. The number of allylic oxidation sites excluding steroid dienone is 7. The molecule has 194 valence electrons. The van der Waals surface area contributed by atoms with E-state index in [2.05, 4.69) is 121 Å². The molecule has 3 N–H and O–H groups in total. The molecule has 3 aliphatic rings. The molecule has 0 radical (unpaired) electrons. The van der Waals surface area contributed by atoms with Gasteiger partial charge in [-0.05, 0) is 92.3 Å². The number of nitrogens with two attached hydrogens (primary N) is 1. The van der Waals surface area contributed by atoms with Crippen LogP contribution in [0.25, 0.3) is 27.8 Å². The van der Waals surface area contributed by atoms with Gasteiger partial charge in [0.1, 0.15) is 0 Å². The van der Waals surface area contributed by atoms with Gasteiger partial charge in [-0.15, -0.1) is 0 Å². The summed E-state index contributed by atoms with van der Waals surface area (Å²) >= 11 is 1.80. The van der Waals surface area contributed by atoms with Crippen LogP contribution in [0.15, 0.2) is 137 Å². The number of nitrogens with one attached hydrogen (secondary N) is 1. The molecule has 0 saturated heterocycles. The second-order valence-corrected chi connectivity index (χ2v) is 11.5. The summed E-state index contributed by atoms with van der Waals surface area (Å²) in [7, 11) is 0. The number of nitrogen functional groups attached to an aromatic ring is 1. The molecule has 0 saturated carbocycles. The fraction of sp³-hybridized carbons (Fsp3) is 0.0811. The van der Waals surface area contributed by atoms with Crippen molar-refractivity contribution in [2.45, 2.75) is 19.3 Å². The molecular weight excluding hydrogens is 504 g/mol. The molecule has 3 heteroatoms. The summed E-state index contributed by atoms with van der Waals surface area (Å²) in [4.78, 5) is 1.29. The Balaban J connectivity index is 1.34. The number of hydrogen-bond donors (Lipinski definition) is 2. The van der Waals surface area contributed by atoms with Crippen molar-refractivity contribution in [3.05, 3.63) is 154 Å². The predicted molar refractivity (Wildman–Crippen MR) is 174 cm³/mol. The molecular formula is C37H30N2S. The maximum Gasteiger partial charge on any atom is 0.0470 e. The average molecular weight is 535 g/mol. The summed E-state index contributed by atoms with van der Waals surface area (Å²) in [6.45, 7) is 6.70. The quantitative estimate of drug-likeness (QED) is 0.256. The smallest absolute Gasteiger partial charge is 0.0470 e. The lowest BCUT2D eigenvalue weighted by atomic mass is 9.91. The highest BCUT2D eigenvalue weighted by Gasteiger charge is 2.30. The monoisotopic (exact) mass is 534 g/mol. The first-order valence-corrected chi connectivity index (χ1v) is 14.6. The zero-order chi connectivity index (χ0) is 27.2. The zero-order valence-electron chi connectivity index (χ0n) is 22.4. The van der Waals surface area contributed by atoms with E-state index in [1.807, 2.05) is 12.1 Å². The summed E-state index contributed by atoms with van der Waals surface area (Å²) in [5.41, 5.74) is 21.4. The fourth-order valence-electron chi connectivity index (χ4n) is 6.00. The third-order valence-electron chi connectivity index (χ3n) is 8.15. The number of benzene rings is 4. The van der Waals surface area contributed by atoms with Crippen LogP contribution >= 0.6 is 11.8 Å². The van der Waals surface area contributed by atoms with E-state index in [4.69, 9.17) is 5.73 Å². The van der Waals surface area contributed by atoms with Crippen LogP contribution in [0.2, 0.25) is 0 Å². The van der Waals surface area contributed by atoms with Gasteiger partial charge in [-0.1, -0.05) is 104 Å². The Bertz CT molecular complexity index is 1780. The van der Waals surface area contributed by atoms with Crippen molar-refractivity contribution in [2.75, 3.05) is 11.1 Å². The summed E-state index contributed by atoms with van der Waals surface area (Å²) in [6, 6.07) is 30.0. The highest BCUT2D eigenvalue weighted by Crippen LogP contribution is 2.51. The molecule has 40 heavy (non-hydrogen) atoms. The lowest BCUT2D eigenvalue weighted by Crippen LogP contribution is -2.00. The van der Waals surface area contributed by atoms with Crippen molar-refractivity contribution in [2.24, 2.45) is 0 Å². The van der Waals surface area contributed by atoms with Gasteiger partial charge in [0.15, 0.2) is 0 Å². The summed E-state index contributed by atoms with van der Waals surface area (Å²) in [6.07, 6.45) is 9.85. The van der Waals surface area contributed by atoms with Crippen molar-refractivity contribution < 1.29 is 0 Å². The highest BCUT2D eigenvalue weighted by atomic mass is 32.2. The van der Waals surface area contributed by atoms with Gasteiger partial charge < -0.3 is 11.1 Å². The van der Waals surface area contributed by atoms with Gasteiger partial charge in [0.05, 0.1) is 0 Å². The van der Waals surface area contributed by atoms with E-state index >= 15 is 0 Å². The van der Waals surface area contributed by atoms with E-state index in [9.17, 15) is 0 Å². The van der Waals surface area contributed by atoms with Crippen molar-refractivity contribution in [1.82, 2.24) is 0 Å². The van der Waals surface area contributed by atoms with Gasteiger partial charge in [0, 0.05) is 33.4 Å². The van der Waals surface area contributed by atoms with Crippen molar-refractivity contribution in [3.63, 3.8) is 0 Å². The van der Waals surface area contributed by atoms with Crippen LogP contribution in [0.1, 0.15) is 36.0 Å². The Labute approximate surface area is 240 Å². The van der Waals surface area contributed by atoms with Crippen LogP contribution < -0.4 is 11.1 Å². The SMILES string of the molecule is C=C1/C=C\C(c2c(Nc3ccc(-c4ccc(N)cc4)cc3)ccc3c2-c2ccccc2C3C)=C/SC2=C1CC=C2. The second-order valence-electron chi connectivity index (χ2n) is 10.6. The van der Waals surface area contributed by atoms with Crippen molar-refractivity contribution in [3.8, 4) is 22.3 Å². The molecule has 0 fully saturated rings. The number of rotatable bonds is 4. The number of thioether (sulfide) groups is 1. The van der Waals surface area contributed by atoms with Gasteiger partial charge in [-0.2, -0.15) is 0 Å². The van der Waals surface area contributed by atoms with Crippen molar-refractivity contribution >= 4 is 34.4 Å². The van der Waals surface area contributed by atoms with E-state index in [0.717, 1.165) is 40.2 Å². The number of fused-ring (bicyclic) bond motifs is 3. The first-order chi connectivity index (χ1) is 19.6. The Morgan fingerprint density at radius 2 is 1.55 bits per heavy atom. The minimum absolute atomic E-state index is 0.353.